The van der Waals surface area contributed by atoms with Crippen LogP contribution in [0.3, 0.4) is 0 Å². The van der Waals surface area contributed by atoms with Gasteiger partial charge in [-0.25, -0.2) is 4.79 Å². The maximum absolute atomic E-state index is 11.1. The predicted molar refractivity (Wildman–Crippen MR) is 78.0 cm³/mol. The molecular weight excluding hydrogens is 264 g/mol. The van der Waals surface area contributed by atoms with Gasteiger partial charge in [-0.3, -0.25) is 4.52 Å². The Kier molecular flexibility index (Phi) is 3.40. The molecule has 0 bridgehead atoms. The Hall–Kier alpha value is -3.06. The van der Waals surface area contributed by atoms with Crippen molar-refractivity contribution < 1.29 is 9.20 Å². The van der Waals surface area contributed by atoms with Crippen LogP contribution in [0.5, 0.6) is 0 Å². The van der Waals surface area contributed by atoms with E-state index < -0.39 is 5.63 Å². The van der Waals surface area contributed by atoms with Crippen molar-refractivity contribution >= 4 is 0 Å². The SMILES string of the molecule is Cc1ccc(C#Cc2ccccc2-[n+]2cc(=O)o[nH]2)cc1. The Morgan fingerprint density at radius 2 is 1.81 bits per heavy atom. The van der Waals surface area contributed by atoms with Gasteiger partial charge in [-0.05, 0) is 35.1 Å². The molecule has 4 nitrogen and oxygen atoms in total. The summed E-state index contributed by atoms with van der Waals surface area (Å²) in [6.45, 7) is 2.04. The van der Waals surface area contributed by atoms with Gasteiger partial charge in [-0.15, -0.1) is 0 Å². The summed E-state index contributed by atoms with van der Waals surface area (Å²) in [4.78, 5) is 11.1. The number of hydrogen-bond acceptors (Lipinski definition) is 2. The highest BCUT2D eigenvalue weighted by Gasteiger charge is 2.14. The average molecular weight is 277 g/mol. The summed E-state index contributed by atoms with van der Waals surface area (Å²) in [5, 5.41) is 2.53. The van der Waals surface area contributed by atoms with E-state index in [9.17, 15) is 4.79 Å². The van der Waals surface area contributed by atoms with Crippen LogP contribution >= 0.6 is 0 Å². The molecule has 0 aliphatic rings. The smallest absolute Gasteiger partial charge is 0.283 e. The molecule has 0 radical (unpaired) electrons. The lowest BCUT2D eigenvalue weighted by atomic mass is 10.1. The van der Waals surface area contributed by atoms with E-state index >= 15 is 0 Å². The maximum Gasteiger partial charge on any atom is 0.427 e. The predicted octanol–water partition coefficient (Wildman–Crippen LogP) is 1.95. The summed E-state index contributed by atoms with van der Waals surface area (Å²) in [7, 11) is 0. The van der Waals surface area contributed by atoms with E-state index in [2.05, 4.69) is 21.6 Å². The summed E-state index contributed by atoms with van der Waals surface area (Å²) < 4.78 is 6.20. The number of para-hydroxylation sites is 1. The average Bonchev–Trinajstić information content (AvgIpc) is 2.93. The van der Waals surface area contributed by atoms with Gasteiger partial charge in [0.1, 0.15) is 0 Å². The molecule has 1 aromatic heterocycles. The van der Waals surface area contributed by atoms with Gasteiger partial charge < -0.3 is 0 Å². The Bertz CT molecular complexity index is 877. The number of H-pyrrole nitrogens is 1. The van der Waals surface area contributed by atoms with Crippen LogP contribution < -0.4 is 10.3 Å². The highest BCUT2D eigenvalue weighted by atomic mass is 16.5. The van der Waals surface area contributed by atoms with Crippen molar-refractivity contribution in [1.29, 1.82) is 0 Å². The number of nitrogens with zero attached hydrogens (tertiary/aromatic N) is 1. The number of nitrogens with one attached hydrogen (secondary N) is 1. The molecule has 2 aromatic carbocycles. The highest BCUT2D eigenvalue weighted by molar-refractivity contribution is 5.49. The minimum atomic E-state index is -0.434. The minimum Gasteiger partial charge on any atom is -0.283 e. The van der Waals surface area contributed by atoms with Crippen molar-refractivity contribution in [3.8, 4) is 17.5 Å². The van der Waals surface area contributed by atoms with Gasteiger partial charge in [0.05, 0.1) is 5.56 Å². The summed E-state index contributed by atoms with van der Waals surface area (Å²) in [5.41, 5.74) is 3.29. The van der Waals surface area contributed by atoms with Crippen molar-refractivity contribution in [2.75, 3.05) is 0 Å². The molecule has 0 unspecified atom stereocenters. The van der Waals surface area contributed by atoms with Crippen molar-refractivity contribution in [3.63, 3.8) is 0 Å². The second-order valence-electron chi connectivity index (χ2n) is 4.64. The van der Waals surface area contributed by atoms with Crippen molar-refractivity contribution in [3.05, 3.63) is 81.8 Å². The van der Waals surface area contributed by atoms with Gasteiger partial charge in [0, 0.05) is 11.6 Å². The van der Waals surface area contributed by atoms with Gasteiger partial charge in [0.15, 0.2) is 0 Å². The number of benzene rings is 2. The lowest BCUT2D eigenvalue weighted by molar-refractivity contribution is -0.670. The Morgan fingerprint density at radius 3 is 2.52 bits per heavy atom. The first-order valence-corrected chi connectivity index (χ1v) is 6.51. The summed E-state index contributed by atoms with van der Waals surface area (Å²) in [6.07, 6.45) is 1.34. The molecule has 0 saturated carbocycles. The van der Waals surface area contributed by atoms with E-state index in [4.69, 9.17) is 0 Å². The largest absolute Gasteiger partial charge is 0.427 e. The Labute approximate surface area is 121 Å². The van der Waals surface area contributed by atoms with Crippen LogP contribution in [0.25, 0.3) is 5.69 Å². The quantitative estimate of drug-likeness (QED) is 0.546. The number of aromatic amines is 1. The molecule has 4 heteroatoms. The van der Waals surface area contributed by atoms with Gasteiger partial charge in [0.25, 0.3) is 11.9 Å². The van der Waals surface area contributed by atoms with E-state index in [1.807, 2.05) is 55.5 Å². The monoisotopic (exact) mass is 277 g/mol. The van der Waals surface area contributed by atoms with E-state index in [0.29, 0.717) is 0 Å². The first kappa shape index (κ1) is 12.9. The normalized spacial score (nSPS) is 9.95. The number of aromatic nitrogens is 2. The maximum atomic E-state index is 11.1. The molecule has 0 aliphatic carbocycles. The van der Waals surface area contributed by atoms with Crippen molar-refractivity contribution in [2.45, 2.75) is 6.92 Å². The molecule has 0 amide bonds. The first-order chi connectivity index (χ1) is 10.2. The van der Waals surface area contributed by atoms with Gasteiger partial charge in [-0.1, -0.05) is 41.7 Å². The zero-order valence-corrected chi connectivity index (χ0v) is 11.5. The summed E-state index contributed by atoms with van der Waals surface area (Å²) in [5.74, 6) is 6.24. The van der Waals surface area contributed by atoms with Crippen LogP contribution in [-0.4, -0.2) is 5.27 Å². The minimum absolute atomic E-state index is 0.434. The van der Waals surface area contributed by atoms with E-state index in [-0.39, 0.29) is 0 Å². The molecular formula is C17H13N2O2+. The fourth-order valence-corrected chi connectivity index (χ4v) is 1.94. The second-order valence-corrected chi connectivity index (χ2v) is 4.64. The first-order valence-electron chi connectivity index (χ1n) is 6.51. The standard InChI is InChI=1S/C17H12N2O2/c1-13-6-8-14(9-7-13)10-11-15-4-2-3-5-16(15)19-12-17(20)21-18-19/h2-9,12H,1H3/p+1. The van der Waals surface area contributed by atoms with Crippen LogP contribution in [0, 0.1) is 18.8 Å². The zero-order chi connectivity index (χ0) is 14.7. The zero-order valence-electron chi connectivity index (χ0n) is 11.5. The fraction of sp³-hybridized carbons (Fsp3) is 0.0588. The van der Waals surface area contributed by atoms with E-state index in [1.54, 1.807) is 0 Å². The Morgan fingerprint density at radius 1 is 1.05 bits per heavy atom. The van der Waals surface area contributed by atoms with Crippen LogP contribution in [-0.2, 0) is 0 Å². The molecule has 0 fully saturated rings. The molecule has 0 spiro atoms. The molecule has 0 aliphatic heterocycles. The second kappa shape index (κ2) is 5.51. The molecule has 1 heterocycles. The molecule has 1 N–H and O–H groups in total. The fourth-order valence-electron chi connectivity index (χ4n) is 1.94. The van der Waals surface area contributed by atoms with Gasteiger partial charge >= 0.3 is 5.63 Å². The third kappa shape index (κ3) is 2.93. The van der Waals surface area contributed by atoms with E-state index in [1.165, 1.54) is 16.4 Å². The van der Waals surface area contributed by atoms with Gasteiger partial charge in [0.2, 0.25) is 0 Å². The molecule has 21 heavy (non-hydrogen) atoms. The van der Waals surface area contributed by atoms with Crippen LogP contribution in [0.15, 0.2) is 64.0 Å². The van der Waals surface area contributed by atoms with Crippen LogP contribution in [0.2, 0.25) is 0 Å². The molecule has 0 atom stereocenters. The molecule has 3 rings (SSSR count). The Balaban J connectivity index is 2.00. The molecule has 0 saturated heterocycles. The highest BCUT2D eigenvalue weighted by Crippen LogP contribution is 2.07. The van der Waals surface area contributed by atoms with E-state index in [0.717, 1.165) is 16.8 Å². The lowest BCUT2D eigenvalue weighted by Gasteiger charge is -1.94. The molecule has 102 valence electrons. The topological polar surface area (TPSA) is 49.9 Å². The number of rotatable bonds is 1. The number of hydrogen-bond donors (Lipinski definition) is 1. The van der Waals surface area contributed by atoms with Crippen molar-refractivity contribution in [2.24, 2.45) is 0 Å². The third-order valence-corrected chi connectivity index (χ3v) is 3.04. The third-order valence-electron chi connectivity index (χ3n) is 3.04. The van der Waals surface area contributed by atoms with Crippen molar-refractivity contribution in [1.82, 2.24) is 5.27 Å². The summed E-state index contributed by atoms with van der Waals surface area (Å²) in [6, 6.07) is 15.6. The van der Waals surface area contributed by atoms with Crippen LogP contribution in [0.4, 0.5) is 0 Å². The number of aryl methyl sites for hydroxylation is 1. The lowest BCUT2D eigenvalue weighted by Crippen LogP contribution is -2.33. The van der Waals surface area contributed by atoms with Crippen LogP contribution in [0.1, 0.15) is 16.7 Å². The van der Waals surface area contributed by atoms with Gasteiger partial charge in [-0.2, -0.15) is 0 Å². The summed E-state index contributed by atoms with van der Waals surface area (Å²) >= 11 is 0. The molecule has 3 aromatic rings.